The number of nitrogens with one attached hydrogen (secondary N) is 1. The highest BCUT2D eigenvalue weighted by Gasteiger charge is 2.18. The van der Waals surface area contributed by atoms with Gasteiger partial charge in [-0.15, -0.1) is 0 Å². The van der Waals surface area contributed by atoms with Gasteiger partial charge in [0.2, 0.25) is 0 Å². The molecule has 0 saturated carbocycles. The van der Waals surface area contributed by atoms with Gasteiger partial charge in [-0.3, -0.25) is 0 Å². The fourth-order valence-corrected chi connectivity index (χ4v) is 2.67. The quantitative estimate of drug-likeness (QED) is 0.863. The van der Waals surface area contributed by atoms with Crippen molar-refractivity contribution < 1.29 is 5.11 Å². The second kappa shape index (κ2) is 5.61. The lowest BCUT2D eigenvalue weighted by molar-refractivity contribution is 0.442. The first-order valence-electron chi connectivity index (χ1n) is 6.87. The van der Waals surface area contributed by atoms with Crippen molar-refractivity contribution in [2.75, 3.05) is 25.0 Å². The number of phenols is 1. The van der Waals surface area contributed by atoms with Gasteiger partial charge in [0.05, 0.1) is 0 Å². The van der Waals surface area contributed by atoms with Crippen molar-refractivity contribution in [1.29, 1.82) is 0 Å². The van der Waals surface area contributed by atoms with Crippen LogP contribution in [-0.4, -0.2) is 25.2 Å². The summed E-state index contributed by atoms with van der Waals surface area (Å²) >= 11 is 0. The molecule has 2 rings (SSSR count). The molecule has 1 aliphatic heterocycles. The molecule has 0 bridgehead atoms. The molecule has 2 N–H and O–H groups in total. The Balaban J connectivity index is 2.17. The summed E-state index contributed by atoms with van der Waals surface area (Å²) in [5.41, 5.74) is 2.11. The van der Waals surface area contributed by atoms with Gasteiger partial charge in [0.25, 0.3) is 0 Å². The van der Waals surface area contributed by atoms with Gasteiger partial charge in [0.15, 0.2) is 0 Å². The van der Waals surface area contributed by atoms with E-state index in [0.29, 0.717) is 5.75 Å². The van der Waals surface area contributed by atoms with Crippen LogP contribution in [0.1, 0.15) is 38.3 Å². The zero-order valence-electron chi connectivity index (χ0n) is 11.6. The third-order valence-electron chi connectivity index (χ3n) is 3.94. The van der Waals surface area contributed by atoms with Crippen LogP contribution in [0.5, 0.6) is 5.75 Å². The van der Waals surface area contributed by atoms with Crippen LogP contribution in [0.25, 0.3) is 0 Å². The smallest absolute Gasteiger partial charge is 0.122 e. The van der Waals surface area contributed by atoms with Crippen molar-refractivity contribution in [2.45, 2.75) is 32.7 Å². The highest BCUT2D eigenvalue weighted by molar-refractivity contribution is 5.54. The molecule has 1 aliphatic rings. The minimum absolute atomic E-state index is 0.180. The summed E-state index contributed by atoms with van der Waals surface area (Å²) in [6, 6.07) is 6.24. The molecule has 0 aliphatic carbocycles. The van der Waals surface area contributed by atoms with Gasteiger partial charge in [0.1, 0.15) is 5.75 Å². The van der Waals surface area contributed by atoms with Crippen LogP contribution in [0.15, 0.2) is 18.2 Å². The second-order valence-electron chi connectivity index (χ2n) is 5.45. The molecule has 3 heteroatoms. The van der Waals surface area contributed by atoms with E-state index in [1.807, 2.05) is 19.2 Å². The van der Waals surface area contributed by atoms with Crippen LogP contribution in [0.3, 0.4) is 0 Å². The predicted molar refractivity (Wildman–Crippen MR) is 76.2 cm³/mol. The maximum absolute atomic E-state index is 10.1. The number of hydrogen-bond acceptors (Lipinski definition) is 3. The Morgan fingerprint density at radius 1 is 1.44 bits per heavy atom. The number of benzene rings is 1. The molecule has 1 saturated heterocycles. The van der Waals surface area contributed by atoms with Crippen LogP contribution in [0, 0.1) is 5.92 Å². The van der Waals surface area contributed by atoms with Gasteiger partial charge in [-0.2, -0.15) is 0 Å². The number of piperidine rings is 1. The molecule has 100 valence electrons. The number of nitrogens with zero attached hydrogens (tertiary/aromatic N) is 1. The summed E-state index contributed by atoms with van der Waals surface area (Å²) in [5.74, 6) is 1.14. The van der Waals surface area contributed by atoms with E-state index in [2.05, 4.69) is 30.1 Å². The molecule has 3 nitrogen and oxygen atoms in total. The van der Waals surface area contributed by atoms with Gasteiger partial charge in [-0.05, 0) is 38.8 Å². The van der Waals surface area contributed by atoms with E-state index < -0.39 is 0 Å². The third kappa shape index (κ3) is 2.78. The Hall–Kier alpha value is -1.22. The van der Waals surface area contributed by atoms with E-state index in [1.54, 1.807) is 0 Å². The normalized spacial score (nSPS) is 21.9. The molecule has 0 radical (unpaired) electrons. The van der Waals surface area contributed by atoms with Crippen molar-refractivity contribution in [3.63, 3.8) is 0 Å². The Morgan fingerprint density at radius 2 is 2.22 bits per heavy atom. The summed E-state index contributed by atoms with van der Waals surface area (Å²) in [4.78, 5) is 2.38. The van der Waals surface area contributed by atoms with E-state index in [-0.39, 0.29) is 6.04 Å². The van der Waals surface area contributed by atoms with Gasteiger partial charge in [-0.1, -0.05) is 13.0 Å². The molecular formula is C15H24N2O. The van der Waals surface area contributed by atoms with Gasteiger partial charge in [0, 0.05) is 36.4 Å². The maximum Gasteiger partial charge on any atom is 0.122 e. The van der Waals surface area contributed by atoms with Gasteiger partial charge < -0.3 is 15.3 Å². The van der Waals surface area contributed by atoms with Crippen molar-refractivity contribution in [1.82, 2.24) is 5.32 Å². The van der Waals surface area contributed by atoms with E-state index in [1.165, 1.54) is 12.8 Å². The fourth-order valence-electron chi connectivity index (χ4n) is 2.67. The molecule has 2 unspecified atom stereocenters. The standard InChI is InChI=1S/C15H24N2O/c1-11-5-4-8-17(10-11)13-6-7-14(12(2)16-3)15(18)9-13/h6-7,9,11-12,16,18H,4-5,8,10H2,1-3H3. The number of phenolic OH excluding ortho intramolecular Hbond substituents is 1. The van der Waals surface area contributed by atoms with Crippen molar-refractivity contribution >= 4 is 5.69 Å². The highest BCUT2D eigenvalue weighted by atomic mass is 16.3. The van der Waals surface area contributed by atoms with Crippen LogP contribution >= 0.6 is 0 Å². The largest absolute Gasteiger partial charge is 0.508 e. The molecule has 1 aromatic carbocycles. The van der Waals surface area contributed by atoms with Crippen LogP contribution in [0.4, 0.5) is 5.69 Å². The summed E-state index contributed by atoms with van der Waals surface area (Å²) in [6.45, 7) is 6.55. The molecule has 18 heavy (non-hydrogen) atoms. The fraction of sp³-hybridized carbons (Fsp3) is 0.600. The molecule has 1 fully saturated rings. The van der Waals surface area contributed by atoms with Gasteiger partial charge in [-0.25, -0.2) is 0 Å². The van der Waals surface area contributed by atoms with Crippen LogP contribution in [0.2, 0.25) is 0 Å². The summed E-state index contributed by atoms with van der Waals surface area (Å²) in [5, 5.41) is 13.3. The first-order chi connectivity index (χ1) is 8.61. The topological polar surface area (TPSA) is 35.5 Å². The zero-order chi connectivity index (χ0) is 13.1. The Labute approximate surface area is 110 Å². The maximum atomic E-state index is 10.1. The average molecular weight is 248 g/mol. The summed E-state index contributed by atoms with van der Waals surface area (Å²) in [7, 11) is 1.91. The minimum Gasteiger partial charge on any atom is -0.508 e. The Bertz CT molecular complexity index is 405. The molecule has 0 amide bonds. The second-order valence-corrected chi connectivity index (χ2v) is 5.45. The first kappa shape index (κ1) is 13.2. The SMILES string of the molecule is CNC(C)c1ccc(N2CCCC(C)C2)cc1O. The molecule has 0 aromatic heterocycles. The van der Waals surface area contributed by atoms with Crippen molar-refractivity contribution in [3.8, 4) is 5.75 Å². The molecule has 2 atom stereocenters. The Kier molecular flexibility index (Phi) is 4.12. The molecule has 1 aromatic rings. The van der Waals surface area contributed by atoms with Gasteiger partial charge >= 0.3 is 0 Å². The molecular weight excluding hydrogens is 224 g/mol. The Morgan fingerprint density at radius 3 is 2.83 bits per heavy atom. The minimum atomic E-state index is 0.180. The number of rotatable bonds is 3. The highest BCUT2D eigenvalue weighted by Crippen LogP contribution is 2.30. The third-order valence-corrected chi connectivity index (χ3v) is 3.94. The van der Waals surface area contributed by atoms with E-state index in [9.17, 15) is 5.11 Å². The zero-order valence-corrected chi connectivity index (χ0v) is 11.6. The van der Waals surface area contributed by atoms with E-state index in [0.717, 1.165) is 30.3 Å². The number of anilines is 1. The summed E-state index contributed by atoms with van der Waals surface area (Å²) in [6.07, 6.45) is 2.56. The average Bonchev–Trinajstić information content (AvgIpc) is 2.37. The van der Waals surface area contributed by atoms with E-state index in [4.69, 9.17) is 0 Å². The van der Waals surface area contributed by atoms with Crippen molar-refractivity contribution in [2.24, 2.45) is 5.92 Å². The number of hydrogen-bond donors (Lipinski definition) is 2. The first-order valence-corrected chi connectivity index (χ1v) is 6.87. The lowest BCUT2D eigenvalue weighted by Crippen LogP contribution is -2.34. The molecule has 1 heterocycles. The predicted octanol–water partition coefficient (Wildman–Crippen LogP) is 2.91. The monoisotopic (exact) mass is 248 g/mol. The summed E-state index contributed by atoms with van der Waals surface area (Å²) < 4.78 is 0. The lowest BCUT2D eigenvalue weighted by atomic mass is 9.99. The van der Waals surface area contributed by atoms with Crippen LogP contribution in [-0.2, 0) is 0 Å². The van der Waals surface area contributed by atoms with Crippen molar-refractivity contribution in [3.05, 3.63) is 23.8 Å². The lowest BCUT2D eigenvalue weighted by Gasteiger charge is -2.33. The van der Waals surface area contributed by atoms with Crippen LogP contribution < -0.4 is 10.2 Å². The molecule has 0 spiro atoms. The number of aromatic hydroxyl groups is 1. The van der Waals surface area contributed by atoms with E-state index >= 15 is 0 Å².